The van der Waals surface area contributed by atoms with Crippen molar-refractivity contribution >= 4 is 8.32 Å². The smallest absolute Gasteiger partial charge is 0.195 e. The summed E-state index contributed by atoms with van der Waals surface area (Å²) in [6, 6.07) is 10.8. The van der Waals surface area contributed by atoms with Crippen LogP contribution >= 0.6 is 0 Å². The van der Waals surface area contributed by atoms with Crippen molar-refractivity contribution in [1.29, 1.82) is 0 Å². The molecule has 0 aromatic heterocycles. The molecule has 0 aliphatic carbocycles. The lowest BCUT2D eigenvalue weighted by molar-refractivity contribution is -0.260. The molecule has 1 aromatic carbocycles. The normalized spacial score (nSPS) is 28.0. The molecule has 0 amide bonds. The Kier molecular flexibility index (Phi) is 4.37. The highest BCUT2D eigenvalue weighted by atomic mass is 28.4. The maximum absolute atomic E-state index is 6.55. The molecule has 1 fully saturated rings. The minimum Gasteiger partial charge on any atom is -0.389 e. The van der Waals surface area contributed by atoms with Gasteiger partial charge in [-0.1, -0.05) is 51.1 Å². The molecule has 1 saturated heterocycles. The van der Waals surface area contributed by atoms with Crippen molar-refractivity contribution in [2.24, 2.45) is 0 Å². The fraction of sp³-hybridized carbons (Fsp3) is 0.647. The molecule has 3 nitrogen and oxygen atoms in total. The molecule has 2 atom stereocenters. The van der Waals surface area contributed by atoms with E-state index < -0.39 is 14.1 Å². The first-order valence-corrected chi connectivity index (χ1v) is 10.6. The number of hydrogen-bond acceptors (Lipinski definition) is 3. The Bertz CT molecular complexity index is 483. The predicted octanol–water partition coefficient (Wildman–Crippen LogP) is 4.73. The van der Waals surface area contributed by atoms with Crippen molar-refractivity contribution in [1.82, 2.24) is 5.06 Å². The first-order chi connectivity index (χ1) is 9.54. The van der Waals surface area contributed by atoms with E-state index in [9.17, 15) is 0 Å². The monoisotopic (exact) mass is 307 g/mol. The predicted molar refractivity (Wildman–Crippen MR) is 89.3 cm³/mol. The van der Waals surface area contributed by atoms with Gasteiger partial charge in [0, 0.05) is 13.5 Å². The molecule has 0 saturated carbocycles. The maximum Gasteiger partial charge on any atom is 0.195 e. The number of nitrogens with zero attached hydrogens (tertiary/aromatic N) is 1. The van der Waals surface area contributed by atoms with E-state index in [1.165, 1.54) is 5.56 Å². The van der Waals surface area contributed by atoms with Crippen molar-refractivity contribution in [3.63, 3.8) is 0 Å². The van der Waals surface area contributed by atoms with Gasteiger partial charge in [0.2, 0.25) is 0 Å². The van der Waals surface area contributed by atoms with Crippen LogP contribution in [0.5, 0.6) is 0 Å². The summed E-state index contributed by atoms with van der Waals surface area (Å²) in [6.45, 7) is 13.4. The lowest BCUT2D eigenvalue weighted by Crippen LogP contribution is -2.48. The molecule has 1 aliphatic heterocycles. The van der Waals surface area contributed by atoms with Crippen molar-refractivity contribution in [2.75, 3.05) is 7.05 Å². The Labute approximate surface area is 130 Å². The molecule has 0 spiro atoms. The van der Waals surface area contributed by atoms with Gasteiger partial charge in [-0.2, -0.15) is 5.06 Å². The molecule has 0 unspecified atom stereocenters. The van der Waals surface area contributed by atoms with Crippen molar-refractivity contribution in [3.05, 3.63) is 35.9 Å². The molecule has 21 heavy (non-hydrogen) atoms. The Morgan fingerprint density at radius 1 is 1.24 bits per heavy atom. The molecule has 4 heteroatoms. The summed E-state index contributed by atoms with van der Waals surface area (Å²) in [7, 11) is 0.144. The molecule has 1 heterocycles. The van der Waals surface area contributed by atoms with Crippen LogP contribution in [0.1, 0.15) is 45.7 Å². The van der Waals surface area contributed by atoms with Crippen LogP contribution in [0, 0.1) is 0 Å². The summed E-state index contributed by atoms with van der Waals surface area (Å²) in [4.78, 5) is 6.09. The molecule has 118 valence electrons. The van der Waals surface area contributed by atoms with Crippen molar-refractivity contribution in [2.45, 2.75) is 64.1 Å². The standard InChI is InChI=1S/C17H29NO2Si/c1-16(2,3)21(6,7)20-17(4)13-15(18(5)19-17)14-11-9-8-10-12-14/h8-12,15H,13H2,1-7H3/t15-,17-/m1/s1. The molecular weight excluding hydrogens is 278 g/mol. The van der Waals surface area contributed by atoms with E-state index in [1.54, 1.807) is 0 Å². The Balaban J connectivity index is 2.16. The number of hydrogen-bond donors (Lipinski definition) is 0. The zero-order valence-corrected chi connectivity index (χ0v) is 15.4. The van der Waals surface area contributed by atoms with Crippen molar-refractivity contribution < 1.29 is 9.26 Å². The van der Waals surface area contributed by atoms with Gasteiger partial charge in [-0.05, 0) is 30.6 Å². The highest BCUT2D eigenvalue weighted by Gasteiger charge is 2.49. The van der Waals surface area contributed by atoms with E-state index in [4.69, 9.17) is 9.26 Å². The number of benzene rings is 1. The highest BCUT2D eigenvalue weighted by Crippen LogP contribution is 2.45. The van der Waals surface area contributed by atoms with Crippen LogP contribution in [0.4, 0.5) is 0 Å². The van der Waals surface area contributed by atoms with Gasteiger partial charge < -0.3 is 4.43 Å². The van der Waals surface area contributed by atoms with Gasteiger partial charge in [-0.15, -0.1) is 0 Å². The minimum absolute atomic E-state index is 0.183. The van der Waals surface area contributed by atoms with Gasteiger partial charge in [-0.25, -0.2) is 0 Å². The van der Waals surface area contributed by atoms with E-state index in [0.29, 0.717) is 0 Å². The molecule has 0 N–H and O–H groups in total. The van der Waals surface area contributed by atoms with Crippen LogP contribution in [-0.4, -0.2) is 26.2 Å². The van der Waals surface area contributed by atoms with Gasteiger partial charge in [0.25, 0.3) is 0 Å². The summed E-state index contributed by atoms with van der Waals surface area (Å²) in [5, 5.41) is 2.13. The molecule has 1 aliphatic rings. The fourth-order valence-electron chi connectivity index (χ4n) is 2.64. The average Bonchev–Trinajstić information content (AvgIpc) is 2.63. The van der Waals surface area contributed by atoms with Gasteiger partial charge in [-0.3, -0.25) is 4.84 Å². The van der Waals surface area contributed by atoms with Crippen LogP contribution in [0.25, 0.3) is 0 Å². The molecule has 0 radical (unpaired) electrons. The van der Waals surface area contributed by atoms with E-state index in [0.717, 1.165) is 6.42 Å². The third-order valence-corrected chi connectivity index (χ3v) is 9.36. The summed E-state index contributed by atoms with van der Waals surface area (Å²) >= 11 is 0. The lowest BCUT2D eigenvalue weighted by atomic mass is 10.0. The van der Waals surface area contributed by atoms with E-state index in [1.807, 2.05) is 18.2 Å². The van der Waals surface area contributed by atoms with Gasteiger partial charge in [0.15, 0.2) is 14.1 Å². The SMILES string of the molecule is CN1O[C@](C)(O[Si](C)(C)C(C)(C)C)C[C@@H]1c1ccccc1. The first-order valence-electron chi connectivity index (χ1n) is 7.71. The Morgan fingerprint density at radius 3 is 2.33 bits per heavy atom. The average molecular weight is 308 g/mol. The van der Waals surface area contributed by atoms with E-state index in [-0.39, 0.29) is 11.1 Å². The van der Waals surface area contributed by atoms with Crippen LogP contribution in [0.15, 0.2) is 30.3 Å². The highest BCUT2D eigenvalue weighted by molar-refractivity contribution is 6.74. The van der Waals surface area contributed by atoms with Gasteiger partial charge in [0.1, 0.15) is 0 Å². The second kappa shape index (κ2) is 5.50. The molecule has 2 rings (SSSR count). The van der Waals surface area contributed by atoms with Gasteiger partial charge >= 0.3 is 0 Å². The third-order valence-electron chi connectivity index (χ3n) is 4.80. The lowest BCUT2D eigenvalue weighted by Gasteiger charge is -2.41. The van der Waals surface area contributed by atoms with Gasteiger partial charge in [0.05, 0.1) is 6.04 Å². The van der Waals surface area contributed by atoms with Crippen LogP contribution < -0.4 is 0 Å². The second-order valence-corrected chi connectivity index (χ2v) is 12.5. The first kappa shape index (κ1) is 16.7. The third kappa shape index (κ3) is 3.56. The second-order valence-electron chi connectivity index (χ2n) is 7.76. The quantitative estimate of drug-likeness (QED) is 0.753. The molecule has 0 bridgehead atoms. The number of rotatable bonds is 3. The van der Waals surface area contributed by atoms with E-state index in [2.05, 4.69) is 65.1 Å². The maximum atomic E-state index is 6.55. The van der Waals surface area contributed by atoms with Crippen molar-refractivity contribution in [3.8, 4) is 0 Å². The summed E-state index contributed by atoms with van der Waals surface area (Å²) in [5.74, 6) is -0.530. The van der Waals surface area contributed by atoms with E-state index >= 15 is 0 Å². The van der Waals surface area contributed by atoms with Crippen LogP contribution in [0.2, 0.25) is 18.1 Å². The summed E-state index contributed by atoms with van der Waals surface area (Å²) in [5.41, 5.74) is 1.28. The zero-order chi connectivity index (χ0) is 15.9. The fourth-order valence-corrected chi connectivity index (χ4v) is 4.15. The Hall–Kier alpha value is -0.683. The van der Waals surface area contributed by atoms with Crippen LogP contribution in [-0.2, 0) is 9.26 Å². The molecular formula is C17H29NO2Si. The molecule has 1 aromatic rings. The zero-order valence-electron chi connectivity index (χ0n) is 14.4. The largest absolute Gasteiger partial charge is 0.389 e. The Morgan fingerprint density at radius 2 is 1.81 bits per heavy atom. The summed E-state index contributed by atoms with van der Waals surface area (Å²) < 4.78 is 6.55. The topological polar surface area (TPSA) is 21.7 Å². The number of hydroxylamine groups is 2. The van der Waals surface area contributed by atoms with Crippen LogP contribution in [0.3, 0.4) is 0 Å². The minimum atomic E-state index is -1.85. The summed E-state index contributed by atoms with van der Waals surface area (Å²) in [6.07, 6.45) is 0.861.